The van der Waals surface area contributed by atoms with Gasteiger partial charge in [-0.25, -0.2) is 4.39 Å². The van der Waals surface area contributed by atoms with E-state index in [1.807, 2.05) is 12.1 Å². The number of halogens is 1. The Morgan fingerprint density at radius 2 is 1.94 bits per heavy atom. The smallest absolute Gasteiger partial charge is 0.126 e. The highest BCUT2D eigenvalue weighted by Gasteiger charge is 2.21. The zero-order valence-corrected chi connectivity index (χ0v) is 12.3. The fourth-order valence-corrected chi connectivity index (χ4v) is 1.56. The molecule has 0 bridgehead atoms. The van der Waals surface area contributed by atoms with Gasteiger partial charge in [-0.15, -0.1) is 0 Å². The molecule has 0 aliphatic rings. The van der Waals surface area contributed by atoms with Gasteiger partial charge in [-0.05, 0) is 59.0 Å². The summed E-state index contributed by atoms with van der Waals surface area (Å²) < 4.78 is 13.5. The fourth-order valence-electron chi connectivity index (χ4n) is 1.56. The van der Waals surface area contributed by atoms with E-state index in [-0.39, 0.29) is 17.4 Å². The van der Waals surface area contributed by atoms with Gasteiger partial charge in [0.2, 0.25) is 0 Å². The molecule has 0 fully saturated rings. The molecule has 18 heavy (non-hydrogen) atoms. The number of hydrogen-bond donors (Lipinski definition) is 1. The normalized spacial score (nSPS) is 14.0. The fraction of sp³-hybridized carbons (Fsp3) is 0.600. The third-order valence-electron chi connectivity index (χ3n) is 3.75. The van der Waals surface area contributed by atoms with Crippen LogP contribution in [0.15, 0.2) is 18.2 Å². The third-order valence-corrected chi connectivity index (χ3v) is 3.75. The highest BCUT2D eigenvalue weighted by atomic mass is 19.1. The van der Waals surface area contributed by atoms with Crippen molar-refractivity contribution in [3.8, 4) is 0 Å². The van der Waals surface area contributed by atoms with E-state index < -0.39 is 0 Å². The molecule has 1 unspecified atom stereocenters. The highest BCUT2D eigenvalue weighted by molar-refractivity contribution is 5.25. The molecule has 0 heterocycles. The van der Waals surface area contributed by atoms with Crippen LogP contribution >= 0.6 is 0 Å². The lowest BCUT2D eigenvalue weighted by atomic mass is 10.0. The van der Waals surface area contributed by atoms with Crippen molar-refractivity contribution in [3.05, 3.63) is 35.1 Å². The largest absolute Gasteiger partial charge is 0.308 e. The molecule has 1 rings (SSSR count). The predicted octanol–water partition coefficient (Wildman–Crippen LogP) is 3.12. The van der Waals surface area contributed by atoms with Crippen LogP contribution in [0.4, 0.5) is 4.39 Å². The standard InChI is InChI=1S/C15H25FN2/c1-11-7-8-13(9-14(11)16)12(2)17-10-15(3,4)18(5)6/h7-9,12,17H,10H2,1-6H3. The zero-order chi connectivity index (χ0) is 13.9. The Labute approximate surface area is 110 Å². The predicted molar refractivity (Wildman–Crippen MR) is 75.3 cm³/mol. The van der Waals surface area contributed by atoms with Crippen molar-refractivity contribution in [2.24, 2.45) is 0 Å². The molecular weight excluding hydrogens is 227 g/mol. The average Bonchev–Trinajstić information content (AvgIpc) is 2.29. The second-order valence-corrected chi connectivity index (χ2v) is 5.82. The van der Waals surface area contributed by atoms with Gasteiger partial charge in [-0.2, -0.15) is 0 Å². The number of likely N-dealkylation sites (N-methyl/N-ethyl adjacent to an activating group) is 1. The van der Waals surface area contributed by atoms with Crippen LogP contribution in [0.3, 0.4) is 0 Å². The van der Waals surface area contributed by atoms with Crippen molar-refractivity contribution in [2.75, 3.05) is 20.6 Å². The summed E-state index contributed by atoms with van der Waals surface area (Å²) in [6, 6.07) is 5.59. The Bertz CT molecular complexity index is 399. The minimum absolute atomic E-state index is 0.0809. The van der Waals surface area contributed by atoms with E-state index in [4.69, 9.17) is 0 Å². The van der Waals surface area contributed by atoms with E-state index in [0.29, 0.717) is 5.56 Å². The molecule has 0 amide bonds. The number of nitrogens with one attached hydrogen (secondary N) is 1. The quantitative estimate of drug-likeness (QED) is 0.866. The Morgan fingerprint density at radius 1 is 1.33 bits per heavy atom. The molecule has 0 aromatic heterocycles. The summed E-state index contributed by atoms with van der Waals surface area (Å²) in [6.07, 6.45) is 0. The summed E-state index contributed by atoms with van der Waals surface area (Å²) in [5.41, 5.74) is 1.77. The maximum absolute atomic E-state index is 13.5. The summed E-state index contributed by atoms with van der Waals surface area (Å²) in [6.45, 7) is 9.07. The number of rotatable bonds is 5. The summed E-state index contributed by atoms with van der Waals surface area (Å²) >= 11 is 0. The topological polar surface area (TPSA) is 15.3 Å². The van der Waals surface area contributed by atoms with E-state index in [0.717, 1.165) is 12.1 Å². The van der Waals surface area contributed by atoms with E-state index in [1.54, 1.807) is 13.0 Å². The average molecular weight is 252 g/mol. The van der Waals surface area contributed by atoms with E-state index in [9.17, 15) is 4.39 Å². The minimum Gasteiger partial charge on any atom is -0.308 e. The molecule has 1 atom stereocenters. The molecule has 1 N–H and O–H groups in total. The van der Waals surface area contributed by atoms with Gasteiger partial charge in [-0.1, -0.05) is 12.1 Å². The Morgan fingerprint density at radius 3 is 2.44 bits per heavy atom. The molecule has 0 spiro atoms. The molecule has 1 aromatic rings. The van der Waals surface area contributed by atoms with Gasteiger partial charge in [0, 0.05) is 18.1 Å². The molecule has 102 valence electrons. The van der Waals surface area contributed by atoms with Gasteiger partial charge >= 0.3 is 0 Å². The molecule has 0 saturated carbocycles. The van der Waals surface area contributed by atoms with Gasteiger partial charge in [0.1, 0.15) is 5.82 Å². The van der Waals surface area contributed by atoms with Crippen molar-refractivity contribution in [1.82, 2.24) is 10.2 Å². The number of nitrogens with zero attached hydrogens (tertiary/aromatic N) is 1. The zero-order valence-electron chi connectivity index (χ0n) is 12.3. The molecule has 3 heteroatoms. The van der Waals surface area contributed by atoms with Crippen LogP contribution in [-0.2, 0) is 0 Å². The van der Waals surface area contributed by atoms with Crippen molar-refractivity contribution in [2.45, 2.75) is 39.3 Å². The maximum atomic E-state index is 13.5. The Kier molecular flexibility index (Phi) is 4.88. The highest BCUT2D eigenvalue weighted by Crippen LogP contribution is 2.17. The van der Waals surface area contributed by atoms with Crippen LogP contribution in [-0.4, -0.2) is 31.1 Å². The Balaban J connectivity index is 2.66. The SMILES string of the molecule is Cc1ccc(C(C)NCC(C)(C)N(C)C)cc1F. The van der Waals surface area contributed by atoms with Gasteiger partial charge in [0.05, 0.1) is 0 Å². The summed E-state index contributed by atoms with van der Waals surface area (Å²) in [5, 5.41) is 3.46. The first-order valence-electron chi connectivity index (χ1n) is 6.41. The minimum atomic E-state index is -0.131. The first-order chi connectivity index (χ1) is 8.24. The third kappa shape index (κ3) is 3.79. The molecular formula is C15H25FN2. The van der Waals surface area contributed by atoms with Crippen LogP contribution in [0, 0.1) is 12.7 Å². The first kappa shape index (κ1) is 15.1. The van der Waals surface area contributed by atoms with Crippen LogP contribution in [0.2, 0.25) is 0 Å². The summed E-state index contributed by atoms with van der Waals surface area (Å²) in [4.78, 5) is 2.18. The van der Waals surface area contributed by atoms with Crippen molar-refractivity contribution in [1.29, 1.82) is 0 Å². The van der Waals surface area contributed by atoms with Gasteiger partial charge in [0.15, 0.2) is 0 Å². The van der Waals surface area contributed by atoms with Crippen molar-refractivity contribution in [3.63, 3.8) is 0 Å². The van der Waals surface area contributed by atoms with Crippen LogP contribution in [0.5, 0.6) is 0 Å². The van der Waals surface area contributed by atoms with Gasteiger partial charge < -0.3 is 10.2 Å². The van der Waals surface area contributed by atoms with Crippen LogP contribution in [0.25, 0.3) is 0 Å². The van der Waals surface area contributed by atoms with Gasteiger partial charge in [0.25, 0.3) is 0 Å². The summed E-state index contributed by atoms with van der Waals surface area (Å²) in [5.74, 6) is -0.131. The van der Waals surface area contributed by atoms with Crippen molar-refractivity contribution >= 4 is 0 Å². The lowest BCUT2D eigenvalue weighted by Crippen LogP contribution is -2.47. The Hall–Kier alpha value is -0.930. The summed E-state index contributed by atoms with van der Waals surface area (Å²) in [7, 11) is 4.13. The maximum Gasteiger partial charge on any atom is 0.126 e. The monoisotopic (exact) mass is 252 g/mol. The van der Waals surface area contributed by atoms with Crippen LogP contribution in [0.1, 0.15) is 37.9 Å². The molecule has 0 aliphatic carbocycles. The number of aryl methyl sites for hydroxylation is 1. The van der Waals surface area contributed by atoms with Crippen LogP contribution < -0.4 is 5.32 Å². The molecule has 0 radical (unpaired) electrons. The molecule has 0 aliphatic heterocycles. The molecule has 1 aromatic carbocycles. The van der Waals surface area contributed by atoms with E-state index in [2.05, 4.69) is 45.1 Å². The van der Waals surface area contributed by atoms with Crippen molar-refractivity contribution < 1.29 is 4.39 Å². The molecule has 0 saturated heterocycles. The lowest BCUT2D eigenvalue weighted by molar-refractivity contribution is 0.185. The number of benzene rings is 1. The second-order valence-electron chi connectivity index (χ2n) is 5.82. The van der Waals surface area contributed by atoms with E-state index in [1.165, 1.54) is 0 Å². The first-order valence-corrected chi connectivity index (χ1v) is 6.41. The second kappa shape index (κ2) is 5.81. The van der Waals surface area contributed by atoms with E-state index >= 15 is 0 Å². The number of hydrogen-bond acceptors (Lipinski definition) is 2. The lowest BCUT2D eigenvalue weighted by Gasteiger charge is -2.34. The van der Waals surface area contributed by atoms with Gasteiger partial charge in [-0.3, -0.25) is 0 Å². The molecule has 2 nitrogen and oxygen atoms in total.